The fraction of sp³-hybridized carbons (Fsp3) is 0.833. The van der Waals surface area contributed by atoms with E-state index in [0.29, 0.717) is 0 Å². The van der Waals surface area contributed by atoms with Crippen molar-refractivity contribution in [2.75, 3.05) is 13.2 Å². The predicted octanol–water partition coefficient (Wildman–Crippen LogP) is 2.30. The summed E-state index contributed by atoms with van der Waals surface area (Å²) in [6.45, 7) is 1.93. The number of esters is 1. The highest BCUT2D eigenvalue weighted by Crippen LogP contribution is 2.10. The molecule has 0 aromatic carbocycles. The molecule has 0 radical (unpaired) electrons. The van der Waals surface area contributed by atoms with Gasteiger partial charge in [0, 0.05) is 0 Å². The summed E-state index contributed by atoms with van der Waals surface area (Å²) in [5.74, 6) is -3.52. The highest BCUT2D eigenvalue weighted by molar-refractivity contribution is 7.87. The van der Waals surface area contributed by atoms with Crippen LogP contribution in [0.1, 0.15) is 77.6 Å². The van der Waals surface area contributed by atoms with Crippen LogP contribution >= 0.6 is 0 Å². The maximum Gasteiger partial charge on any atom is 0.325 e. The molecular formula is C18H33NO8S. The molecule has 0 aliphatic heterocycles. The van der Waals surface area contributed by atoms with Gasteiger partial charge in [0.2, 0.25) is 5.91 Å². The number of nitrogens with one attached hydrogen (secondary N) is 1. The van der Waals surface area contributed by atoms with Crippen LogP contribution in [0.5, 0.6) is 0 Å². The molecule has 0 saturated heterocycles. The van der Waals surface area contributed by atoms with Gasteiger partial charge >= 0.3 is 11.9 Å². The average Bonchev–Trinajstić information content (AvgIpc) is 2.61. The number of hydrogen-bond donors (Lipinski definition) is 3. The fourth-order valence-electron chi connectivity index (χ4n) is 2.56. The Hall–Kier alpha value is -1.68. The lowest BCUT2D eigenvalue weighted by Gasteiger charge is -2.09. The molecule has 0 bridgehead atoms. The lowest BCUT2D eigenvalue weighted by Crippen LogP contribution is -2.38. The second kappa shape index (κ2) is 15.3. The van der Waals surface area contributed by atoms with Gasteiger partial charge in [0.15, 0.2) is 5.25 Å². The number of ether oxygens (including phenoxy) is 1. The van der Waals surface area contributed by atoms with Crippen molar-refractivity contribution in [1.82, 2.24) is 5.32 Å². The van der Waals surface area contributed by atoms with Crippen molar-refractivity contribution in [3.63, 3.8) is 0 Å². The Kier molecular flexibility index (Phi) is 14.4. The van der Waals surface area contributed by atoms with Crippen molar-refractivity contribution in [2.45, 2.75) is 82.8 Å². The van der Waals surface area contributed by atoms with E-state index in [1.807, 2.05) is 0 Å². The standard InChI is InChI=1S/C18H33NO8S/c1-2-3-4-5-6-7-8-9-10-11-12-27-17(21)14-19-16(20)13-15(18(22)23)28(24,25)26/h15H,2-14H2,1H3,(H,19,20)(H,22,23)(H,24,25,26)/t15-/m0/s1. The number of unbranched alkanes of at least 4 members (excludes halogenated alkanes) is 9. The zero-order valence-electron chi connectivity index (χ0n) is 16.5. The molecule has 3 N–H and O–H groups in total. The molecule has 0 fully saturated rings. The number of carbonyl (C=O) groups is 3. The minimum atomic E-state index is -4.91. The van der Waals surface area contributed by atoms with Crippen molar-refractivity contribution < 1.29 is 37.2 Å². The van der Waals surface area contributed by atoms with Crippen LogP contribution < -0.4 is 5.32 Å². The first-order valence-electron chi connectivity index (χ1n) is 9.80. The van der Waals surface area contributed by atoms with E-state index in [1.54, 1.807) is 0 Å². The quantitative estimate of drug-likeness (QED) is 0.183. The van der Waals surface area contributed by atoms with Gasteiger partial charge in [-0.05, 0) is 6.42 Å². The molecule has 0 heterocycles. The minimum Gasteiger partial charge on any atom is -0.480 e. The third-order valence-electron chi connectivity index (χ3n) is 4.20. The van der Waals surface area contributed by atoms with Gasteiger partial charge in [-0.15, -0.1) is 0 Å². The number of amides is 1. The van der Waals surface area contributed by atoms with Crippen molar-refractivity contribution in [3.8, 4) is 0 Å². The molecule has 0 aliphatic rings. The predicted molar refractivity (Wildman–Crippen MR) is 103 cm³/mol. The molecule has 164 valence electrons. The molecule has 0 aliphatic carbocycles. The summed E-state index contributed by atoms with van der Waals surface area (Å²) in [6.07, 6.45) is 10.5. The van der Waals surface area contributed by atoms with Crippen molar-refractivity contribution in [1.29, 1.82) is 0 Å². The molecule has 0 spiro atoms. The molecule has 10 heteroatoms. The molecular weight excluding hydrogens is 390 g/mol. The maximum absolute atomic E-state index is 11.5. The summed E-state index contributed by atoms with van der Waals surface area (Å²) < 4.78 is 35.5. The number of carbonyl (C=O) groups excluding carboxylic acids is 2. The lowest BCUT2D eigenvalue weighted by atomic mass is 10.1. The molecule has 28 heavy (non-hydrogen) atoms. The van der Waals surface area contributed by atoms with Crippen molar-refractivity contribution in [2.24, 2.45) is 0 Å². The van der Waals surface area contributed by atoms with Crippen molar-refractivity contribution >= 4 is 28.0 Å². The number of carboxylic acids is 1. The van der Waals surface area contributed by atoms with Gasteiger partial charge in [-0.2, -0.15) is 8.42 Å². The van der Waals surface area contributed by atoms with Gasteiger partial charge in [-0.3, -0.25) is 18.9 Å². The molecule has 1 amide bonds. The first kappa shape index (κ1) is 26.3. The summed E-state index contributed by atoms with van der Waals surface area (Å²) in [5, 5.41) is 8.50. The monoisotopic (exact) mass is 423 g/mol. The van der Waals surface area contributed by atoms with Crippen LogP contribution in [0.4, 0.5) is 0 Å². The van der Waals surface area contributed by atoms with E-state index in [0.717, 1.165) is 25.7 Å². The van der Waals surface area contributed by atoms with Crippen LogP contribution in [0, 0.1) is 0 Å². The van der Waals surface area contributed by atoms with Gasteiger partial charge in [0.05, 0.1) is 13.0 Å². The molecule has 1 atom stereocenters. The highest BCUT2D eigenvalue weighted by atomic mass is 32.2. The largest absolute Gasteiger partial charge is 0.480 e. The van der Waals surface area contributed by atoms with E-state index < -0.39 is 46.2 Å². The molecule has 0 unspecified atom stereocenters. The van der Waals surface area contributed by atoms with E-state index >= 15 is 0 Å². The Balaban J connectivity index is 3.72. The molecule has 0 rings (SSSR count). The van der Waals surface area contributed by atoms with E-state index in [2.05, 4.69) is 12.2 Å². The topological polar surface area (TPSA) is 147 Å². The minimum absolute atomic E-state index is 0.230. The number of hydrogen-bond acceptors (Lipinski definition) is 6. The third-order valence-corrected chi connectivity index (χ3v) is 5.28. The second-order valence-corrected chi connectivity index (χ2v) is 8.32. The second-order valence-electron chi connectivity index (χ2n) is 6.73. The Morgan fingerprint density at radius 3 is 1.89 bits per heavy atom. The SMILES string of the molecule is CCCCCCCCCCCCOC(=O)CNC(=O)C[C@@H](C(=O)O)S(=O)(=O)O. The first-order chi connectivity index (χ1) is 13.2. The molecule has 0 aromatic rings. The highest BCUT2D eigenvalue weighted by Gasteiger charge is 2.33. The van der Waals surface area contributed by atoms with Gasteiger partial charge in [0.1, 0.15) is 6.54 Å². The first-order valence-corrected chi connectivity index (χ1v) is 11.3. The zero-order chi connectivity index (χ0) is 21.4. The molecule has 0 saturated carbocycles. The summed E-state index contributed by atoms with van der Waals surface area (Å²) in [7, 11) is -4.91. The van der Waals surface area contributed by atoms with Crippen LogP contribution in [0.15, 0.2) is 0 Å². The van der Waals surface area contributed by atoms with Gasteiger partial charge < -0.3 is 15.2 Å². The normalized spacial score (nSPS) is 12.4. The van der Waals surface area contributed by atoms with Crippen LogP contribution in [0.25, 0.3) is 0 Å². The van der Waals surface area contributed by atoms with Crippen LogP contribution in [0.3, 0.4) is 0 Å². The van der Waals surface area contributed by atoms with Crippen LogP contribution in [0.2, 0.25) is 0 Å². The summed E-state index contributed by atoms with van der Waals surface area (Å²) >= 11 is 0. The Bertz CT molecular complexity index is 576. The van der Waals surface area contributed by atoms with Gasteiger partial charge in [-0.1, -0.05) is 64.7 Å². The van der Waals surface area contributed by atoms with E-state index in [4.69, 9.17) is 14.4 Å². The summed E-state index contributed by atoms with van der Waals surface area (Å²) in [5.41, 5.74) is 0. The Morgan fingerprint density at radius 2 is 1.43 bits per heavy atom. The maximum atomic E-state index is 11.5. The zero-order valence-corrected chi connectivity index (χ0v) is 17.3. The van der Waals surface area contributed by atoms with Crippen molar-refractivity contribution in [3.05, 3.63) is 0 Å². The summed E-state index contributed by atoms with van der Waals surface area (Å²) in [4.78, 5) is 33.8. The number of aliphatic carboxylic acids is 1. The van der Waals surface area contributed by atoms with Crippen LogP contribution in [-0.2, 0) is 29.2 Å². The fourth-order valence-corrected chi connectivity index (χ4v) is 3.17. The smallest absolute Gasteiger partial charge is 0.325 e. The summed E-state index contributed by atoms with van der Waals surface area (Å²) in [6, 6.07) is 0. The Labute approximate surface area is 167 Å². The van der Waals surface area contributed by atoms with Crippen LogP contribution in [-0.4, -0.2) is 54.3 Å². The number of carboxylic acid groups (broad SMARTS) is 1. The van der Waals surface area contributed by atoms with E-state index in [-0.39, 0.29) is 6.61 Å². The van der Waals surface area contributed by atoms with Gasteiger partial charge in [0.25, 0.3) is 10.1 Å². The third kappa shape index (κ3) is 14.4. The van der Waals surface area contributed by atoms with Gasteiger partial charge in [-0.25, -0.2) is 0 Å². The molecule has 0 aromatic heterocycles. The van der Waals surface area contributed by atoms with E-state index in [1.165, 1.54) is 38.5 Å². The Morgan fingerprint density at radius 1 is 0.929 bits per heavy atom. The molecule has 9 nitrogen and oxygen atoms in total. The average molecular weight is 424 g/mol. The van der Waals surface area contributed by atoms with E-state index in [9.17, 15) is 22.8 Å². The number of rotatable bonds is 17. The lowest BCUT2D eigenvalue weighted by molar-refractivity contribution is -0.144.